The highest BCUT2D eigenvalue weighted by molar-refractivity contribution is 9.10. The first-order valence-electron chi connectivity index (χ1n) is 7.34. The van der Waals surface area contributed by atoms with E-state index in [2.05, 4.69) is 27.0 Å². The minimum absolute atomic E-state index is 0.112. The number of nitriles is 1. The Labute approximate surface area is 152 Å². The smallest absolute Gasteiger partial charge is 0.142 e. The van der Waals surface area contributed by atoms with Crippen LogP contribution >= 0.6 is 15.9 Å². The summed E-state index contributed by atoms with van der Waals surface area (Å²) in [7, 11) is 1.57. The third-order valence-corrected chi connectivity index (χ3v) is 4.38. The second-order valence-corrected chi connectivity index (χ2v) is 6.11. The Morgan fingerprint density at radius 2 is 1.92 bits per heavy atom. The number of pyridine rings is 1. The Hall–Kier alpha value is -2.91. The molecule has 0 aliphatic rings. The molecular formula is C19H13BrFN3O. The van der Waals surface area contributed by atoms with E-state index >= 15 is 0 Å². The number of ether oxygens (including phenoxy) is 1. The molecule has 0 radical (unpaired) electrons. The summed E-state index contributed by atoms with van der Waals surface area (Å²) in [5, 5.41) is 9.47. The predicted molar refractivity (Wildman–Crippen MR) is 98.4 cm³/mol. The summed E-state index contributed by atoms with van der Waals surface area (Å²) < 4.78 is 19.2. The summed E-state index contributed by atoms with van der Waals surface area (Å²) in [6.07, 6.45) is 0. The summed E-state index contributed by atoms with van der Waals surface area (Å²) in [5.41, 5.74) is 8.82. The number of anilines is 1. The molecule has 0 saturated heterocycles. The highest BCUT2D eigenvalue weighted by Gasteiger charge is 2.16. The van der Waals surface area contributed by atoms with E-state index in [0.29, 0.717) is 27.0 Å². The molecule has 0 spiro atoms. The zero-order chi connectivity index (χ0) is 18.0. The number of hydrogen-bond donors (Lipinski definition) is 1. The average Bonchev–Trinajstić information content (AvgIpc) is 2.63. The van der Waals surface area contributed by atoms with E-state index in [1.807, 2.05) is 24.3 Å². The normalized spacial score (nSPS) is 10.3. The number of nitrogens with zero attached hydrogens (tertiary/aromatic N) is 2. The number of methoxy groups -OCH3 is 1. The molecule has 4 nitrogen and oxygen atoms in total. The molecule has 0 aliphatic heterocycles. The Morgan fingerprint density at radius 3 is 2.60 bits per heavy atom. The van der Waals surface area contributed by atoms with Crippen LogP contribution in [0.4, 0.5) is 10.2 Å². The average molecular weight is 398 g/mol. The molecule has 6 heteroatoms. The van der Waals surface area contributed by atoms with Gasteiger partial charge in [0.15, 0.2) is 0 Å². The van der Waals surface area contributed by atoms with E-state index in [-0.39, 0.29) is 17.2 Å². The van der Waals surface area contributed by atoms with Gasteiger partial charge in [-0.1, -0.05) is 18.2 Å². The van der Waals surface area contributed by atoms with Crippen LogP contribution in [0.3, 0.4) is 0 Å². The third kappa shape index (κ3) is 3.19. The molecule has 0 atom stereocenters. The van der Waals surface area contributed by atoms with Crippen molar-refractivity contribution in [2.24, 2.45) is 0 Å². The number of aromatic nitrogens is 1. The number of para-hydroxylation sites is 1. The van der Waals surface area contributed by atoms with Crippen LogP contribution in [0.1, 0.15) is 5.56 Å². The molecule has 3 rings (SSSR count). The lowest BCUT2D eigenvalue weighted by molar-refractivity contribution is 0.416. The van der Waals surface area contributed by atoms with Crippen molar-refractivity contribution in [3.05, 3.63) is 64.4 Å². The van der Waals surface area contributed by atoms with Crippen molar-refractivity contribution >= 4 is 21.7 Å². The molecule has 0 amide bonds. The fraction of sp³-hybridized carbons (Fsp3) is 0.0526. The number of hydrogen-bond acceptors (Lipinski definition) is 4. The van der Waals surface area contributed by atoms with Crippen LogP contribution in [-0.2, 0) is 0 Å². The second-order valence-electron chi connectivity index (χ2n) is 5.26. The molecule has 2 N–H and O–H groups in total. The maximum Gasteiger partial charge on any atom is 0.142 e. The van der Waals surface area contributed by atoms with Crippen LogP contribution in [-0.4, -0.2) is 12.1 Å². The fourth-order valence-corrected chi connectivity index (χ4v) is 2.95. The number of nitrogens with two attached hydrogens (primary N) is 1. The van der Waals surface area contributed by atoms with Crippen LogP contribution in [0.2, 0.25) is 0 Å². The van der Waals surface area contributed by atoms with Crippen LogP contribution in [0, 0.1) is 17.1 Å². The number of nitrogen functional groups attached to an aromatic ring is 1. The summed E-state index contributed by atoms with van der Waals surface area (Å²) in [6, 6.07) is 15.8. The van der Waals surface area contributed by atoms with Crippen molar-refractivity contribution in [3.8, 4) is 34.2 Å². The van der Waals surface area contributed by atoms with Gasteiger partial charge in [-0.2, -0.15) is 5.26 Å². The molecule has 0 aliphatic carbocycles. The number of rotatable bonds is 3. The van der Waals surface area contributed by atoms with Gasteiger partial charge in [-0.25, -0.2) is 9.37 Å². The van der Waals surface area contributed by atoms with E-state index in [4.69, 9.17) is 10.5 Å². The third-order valence-electron chi connectivity index (χ3n) is 3.77. The first-order valence-corrected chi connectivity index (χ1v) is 8.14. The molecule has 0 fully saturated rings. The Balaban J connectivity index is 2.26. The van der Waals surface area contributed by atoms with Gasteiger partial charge in [0.1, 0.15) is 29.0 Å². The van der Waals surface area contributed by atoms with Crippen molar-refractivity contribution in [3.63, 3.8) is 0 Å². The SMILES string of the molecule is COc1ccccc1-c1cc(-c2ccc(F)c(Br)c2)c(C#N)c(N)n1. The molecular weight excluding hydrogens is 385 g/mol. The lowest BCUT2D eigenvalue weighted by Gasteiger charge is -2.12. The summed E-state index contributed by atoms with van der Waals surface area (Å²) in [4.78, 5) is 4.34. The van der Waals surface area contributed by atoms with E-state index in [9.17, 15) is 9.65 Å². The van der Waals surface area contributed by atoms with E-state index in [1.165, 1.54) is 6.07 Å². The Kier molecular flexibility index (Phi) is 4.68. The van der Waals surface area contributed by atoms with Gasteiger partial charge in [-0.05, 0) is 51.8 Å². The molecule has 0 saturated carbocycles. The zero-order valence-corrected chi connectivity index (χ0v) is 14.8. The Bertz CT molecular complexity index is 998. The van der Waals surface area contributed by atoms with Gasteiger partial charge in [0.25, 0.3) is 0 Å². The van der Waals surface area contributed by atoms with Gasteiger partial charge in [-0.15, -0.1) is 0 Å². The topological polar surface area (TPSA) is 71.9 Å². The monoisotopic (exact) mass is 397 g/mol. The largest absolute Gasteiger partial charge is 0.496 e. The minimum Gasteiger partial charge on any atom is -0.496 e. The maximum atomic E-state index is 13.6. The van der Waals surface area contributed by atoms with E-state index in [0.717, 1.165) is 5.56 Å². The van der Waals surface area contributed by atoms with Crippen molar-refractivity contribution in [1.29, 1.82) is 5.26 Å². The zero-order valence-electron chi connectivity index (χ0n) is 13.3. The van der Waals surface area contributed by atoms with Crippen molar-refractivity contribution in [2.45, 2.75) is 0 Å². The first-order chi connectivity index (χ1) is 12.0. The highest BCUT2D eigenvalue weighted by Crippen LogP contribution is 2.35. The lowest BCUT2D eigenvalue weighted by Crippen LogP contribution is -2.00. The van der Waals surface area contributed by atoms with Crippen molar-refractivity contribution < 1.29 is 9.13 Å². The molecule has 2 aromatic carbocycles. The minimum atomic E-state index is -0.380. The number of benzene rings is 2. The molecule has 0 bridgehead atoms. The first kappa shape index (κ1) is 16.9. The van der Waals surface area contributed by atoms with Gasteiger partial charge >= 0.3 is 0 Å². The van der Waals surface area contributed by atoms with Gasteiger partial charge in [-0.3, -0.25) is 0 Å². The molecule has 124 valence electrons. The molecule has 3 aromatic rings. The van der Waals surface area contributed by atoms with Crippen LogP contribution in [0.15, 0.2) is 53.0 Å². The molecule has 1 aromatic heterocycles. The molecule has 1 heterocycles. The van der Waals surface area contributed by atoms with Crippen LogP contribution in [0.25, 0.3) is 22.4 Å². The van der Waals surface area contributed by atoms with Gasteiger partial charge in [0, 0.05) is 11.1 Å². The standard InChI is InChI=1S/C19H13BrFN3O/c1-25-18-5-3-2-4-12(18)17-9-13(14(10-22)19(23)24-17)11-6-7-16(21)15(20)8-11/h2-9H,1H3,(H2,23,24). The van der Waals surface area contributed by atoms with Gasteiger partial charge < -0.3 is 10.5 Å². The van der Waals surface area contributed by atoms with Crippen molar-refractivity contribution in [1.82, 2.24) is 4.98 Å². The highest BCUT2D eigenvalue weighted by atomic mass is 79.9. The van der Waals surface area contributed by atoms with Gasteiger partial charge in [0.2, 0.25) is 0 Å². The van der Waals surface area contributed by atoms with E-state index < -0.39 is 0 Å². The van der Waals surface area contributed by atoms with Crippen LogP contribution < -0.4 is 10.5 Å². The van der Waals surface area contributed by atoms with Gasteiger partial charge in [0.05, 0.1) is 17.3 Å². The van der Waals surface area contributed by atoms with Crippen molar-refractivity contribution in [2.75, 3.05) is 12.8 Å². The molecule has 0 unspecified atom stereocenters. The summed E-state index contributed by atoms with van der Waals surface area (Å²) >= 11 is 3.17. The maximum absolute atomic E-state index is 13.6. The lowest BCUT2D eigenvalue weighted by atomic mass is 9.98. The van der Waals surface area contributed by atoms with E-state index in [1.54, 1.807) is 25.3 Å². The Morgan fingerprint density at radius 1 is 1.16 bits per heavy atom. The number of halogens is 2. The summed E-state index contributed by atoms with van der Waals surface area (Å²) in [5.74, 6) is 0.376. The van der Waals surface area contributed by atoms with Crippen LogP contribution in [0.5, 0.6) is 5.75 Å². The molecule has 25 heavy (non-hydrogen) atoms. The quantitative estimate of drug-likeness (QED) is 0.689. The summed E-state index contributed by atoms with van der Waals surface area (Å²) in [6.45, 7) is 0. The fourth-order valence-electron chi connectivity index (χ4n) is 2.57. The predicted octanol–water partition coefficient (Wildman–Crippen LogP) is 4.78. The second kappa shape index (κ2) is 6.91.